The molecule has 0 N–H and O–H groups in total. The second-order valence-corrected chi connectivity index (χ2v) is 10.7. The van der Waals surface area contributed by atoms with Gasteiger partial charge in [0.15, 0.2) is 16.7 Å². The van der Waals surface area contributed by atoms with Gasteiger partial charge in [-0.3, -0.25) is 14.5 Å². The number of nitrogens with zero attached hydrogens (tertiary/aromatic N) is 3. The first-order valence-corrected chi connectivity index (χ1v) is 14.4. The van der Waals surface area contributed by atoms with Crippen LogP contribution in [0.2, 0.25) is 0 Å². The van der Waals surface area contributed by atoms with Crippen LogP contribution in [-0.4, -0.2) is 66.7 Å². The van der Waals surface area contributed by atoms with Gasteiger partial charge in [0.05, 0.1) is 30.9 Å². The van der Waals surface area contributed by atoms with Crippen molar-refractivity contribution in [1.29, 1.82) is 0 Å². The van der Waals surface area contributed by atoms with Crippen molar-refractivity contribution >= 4 is 40.5 Å². The maximum absolute atomic E-state index is 13.3. The summed E-state index contributed by atoms with van der Waals surface area (Å²) < 4.78 is 16.9. The molecule has 9 heteroatoms. The fraction of sp³-hybridized carbons (Fsp3) is 0.281. The Kier molecular flexibility index (Phi) is 9.06. The van der Waals surface area contributed by atoms with Gasteiger partial charge in [-0.05, 0) is 73.1 Å². The molecule has 0 bridgehead atoms. The molecule has 41 heavy (non-hydrogen) atoms. The van der Waals surface area contributed by atoms with Crippen molar-refractivity contribution < 1.29 is 23.8 Å². The van der Waals surface area contributed by atoms with Gasteiger partial charge in [-0.2, -0.15) is 0 Å². The summed E-state index contributed by atoms with van der Waals surface area (Å²) in [5.41, 5.74) is 4.27. The smallest absolute Gasteiger partial charge is 0.266 e. The van der Waals surface area contributed by atoms with Gasteiger partial charge < -0.3 is 19.1 Å². The molecule has 8 nitrogen and oxygen atoms in total. The number of amides is 2. The molecular weight excluding hydrogens is 538 g/mol. The molecule has 212 valence electrons. The lowest BCUT2D eigenvalue weighted by Gasteiger charge is -2.26. The van der Waals surface area contributed by atoms with Crippen LogP contribution in [0.1, 0.15) is 34.0 Å². The molecule has 2 amide bonds. The van der Waals surface area contributed by atoms with Crippen molar-refractivity contribution in [3.8, 4) is 11.5 Å². The Morgan fingerprint density at radius 2 is 1.83 bits per heavy atom. The fourth-order valence-electron chi connectivity index (χ4n) is 4.53. The highest BCUT2D eigenvalue weighted by atomic mass is 32.2. The van der Waals surface area contributed by atoms with E-state index in [-0.39, 0.29) is 11.8 Å². The van der Waals surface area contributed by atoms with E-state index in [2.05, 4.69) is 19.1 Å². The number of aryl methyl sites for hydroxylation is 1. The predicted octanol–water partition coefficient (Wildman–Crippen LogP) is 5.68. The zero-order chi connectivity index (χ0) is 28.8. The molecule has 0 spiro atoms. The number of morpholine rings is 1. The Labute approximate surface area is 244 Å². The van der Waals surface area contributed by atoms with Crippen molar-refractivity contribution in [3.63, 3.8) is 0 Å². The monoisotopic (exact) mass is 571 g/mol. The molecule has 2 fully saturated rings. The number of methoxy groups -OCH3 is 1. The van der Waals surface area contributed by atoms with E-state index in [0.717, 1.165) is 11.1 Å². The molecule has 2 aliphatic rings. The van der Waals surface area contributed by atoms with E-state index < -0.39 is 0 Å². The van der Waals surface area contributed by atoms with Crippen LogP contribution in [0.4, 0.5) is 5.69 Å². The first kappa shape index (κ1) is 28.4. The van der Waals surface area contributed by atoms with E-state index in [0.29, 0.717) is 72.3 Å². The van der Waals surface area contributed by atoms with Gasteiger partial charge in [0.25, 0.3) is 11.8 Å². The summed E-state index contributed by atoms with van der Waals surface area (Å²) >= 11 is 1.31. The standard InChI is InChI=1S/C32H33N3O5S/c1-4-35-31(37)29(19-24-12-13-27(28(18-24)38-3)40-21-23-10-8-22(2)9-11-23)41-32(35)33-26-7-5-6-25(20-26)30(36)34-14-16-39-17-15-34/h5-13,18-20H,4,14-17,21H2,1-3H3/b29-19+,33-32?. The summed E-state index contributed by atoms with van der Waals surface area (Å²) in [5.74, 6) is 1.06. The zero-order valence-corrected chi connectivity index (χ0v) is 24.3. The number of hydrogen-bond acceptors (Lipinski definition) is 7. The first-order chi connectivity index (χ1) is 19.9. The third-order valence-corrected chi connectivity index (χ3v) is 7.83. The van der Waals surface area contributed by atoms with Crippen molar-refractivity contribution in [2.45, 2.75) is 20.5 Å². The van der Waals surface area contributed by atoms with Crippen LogP contribution in [0, 0.1) is 6.92 Å². The summed E-state index contributed by atoms with van der Waals surface area (Å²) in [4.78, 5) is 34.9. The lowest BCUT2D eigenvalue weighted by atomic mass is 10.1. The molecule has 2 heterocycles. The molecule has 2 aliphatic heterocycles. The molecule has 2 saturated heterocycles. The zero-order valence-electron chi connectivity index (χ0n) is 23.5. The summed E-state index contributed by atoms with van der Waals surface area (Å²) in [6, 6.07) is 21.0. The van der Waals surface area contributed by atoms with Crippen molar-refractivity contribution in [3.05, 3.63) is 93.9 Å². The van der Waals surface area contributed by atoms with Crippen molar-refractivity contribution in [1.82, 2.24) is 9.80 Å². The van der Waals surface area contributed by atoms with E-state index >= 15 is 0 Å². The number of carbonyl (C=O) groups excluding carboxylic acids is 2. The van der Waals surface area contributed by atoms with E-state index in [1.165, 1.54) is 17.3 Å². The van der Waals surface area contributed by atoms with Crippen LogP contribution >= 0.6 is 11.8 Å². The number of rotatable bonds is 8. The minimum absolute atomic E-state index is 0.0429. The maximum Gasteiger partial charge on any atom is 0.266 e. The molecule has 0 radical (unpaired) electrons. The number of hydrogen-bond donors (Lipinski definition) is 0. The highest BCUT2D eigenvalue weighted by Crippen LogP contribution is 2.36. The van der Waals surface area contributed by atoms with Gasteiger partial charge in [0.1, 0.15) is 6.61 Å². The average Bonchev–Trinajstić information content (AvgIpc) is 3.30. The Morgan fingerprint density at radius 1 is 1.05 bits per heavy atom. The fourth-order valence-corrected chi connectivity index (χ4v) is 5.59. The number of carbonyl (C=O) groups is 2. The minimum atomic E-state index is -0.115. The third kappa shape index (κ3) is 6.81. The largest absolute Gasteiger partial charge is 0.493 e. The molecule has 0 saturated carbocycles. The average molecular weight is 572 g/mol. The molecule has 0 aliphatic carbocycles. The van der Waals surface area contributed by atoms with E-state index in [9.17, 15) is 9.59 Å². The first-order valence-electron chi connectivity index (χ1n) is 13.6. The third-order valence-electron chi connectivity index (χ3n) is 6.82. The lowest BCUT2D eigenvalue weighted by Crippen LogP contribution is -2.40. The van der Waals surface area contributed by atoms with Gasteiger partial charge in [-0.1, -0.05) is 42.0 Å². The van der Waals surface area contributed by atoms with Gasteiger partial charge in [0.2, 0.25) is 0 Å². The summed E-state index contributed by atoms with van der Waals surface area (Å²) in [6.07, 6.45) is 1.84. The minimum Gasteiger partial charge on any atom is -0.493 e. The molecule has 0 atom stereocenters. The topological polar surface area (TPSA) is 80.7 Å². The number of amidine groups is 1. The van der Waals surface area contributed by atoms with Crippen LogP contribution in [0.3, 0.4) is 0 Å². The number of aliphatic imine (C=N–C) groups is 1. The number of benzene rings is 3. The van der Waals surface area contributed by atoms with E-state index in [1.807, 2.05) is 55.5 Å². The molecule has 3 aromatic carbocycles. The molecule has 0 aromatic heterocycles. The Bertz CT molecular complexity index is 1480. The van der Waals surface area contributed by atoms with Crippen LogP contribution in [0.5, 0.6) is 11.5 Å². The van der Waals surface area contributed by atoms with Crippen LogP contribution in [-0.2, 0) is 16.1 Å². The lowest BCUT2D eigenvalue weighted by molar-refractivity contribution is -0.122. The van der Waals surface area contributed by atoms with Gasteiger partial charge in [0, 0.05) is 25.2 Å². The van der Waals surface area contributed by atoms with Crippen LogP contribution < -0.4 is 9.47 Å². The Hall–Kier alpha value is -4.08. The highest BCUT2D eigenvalue weighted by Gasteiger charge is 2.32. The van der Waals surface area contributed by atoms with Crippen LogP contribution in [0.25, 0.3) is 6.08 Å². The maximum atomic E-state index is 13.3. The van der Waals surface area contributed by atoms with Gasteiger partial charge >= 0.3 is 0 Å². The highest BCUT2D eigenvalue weighted by molar-refractivity contribution is 8.18. The second-order valence-electron chi connectivity index (χ2n) is 9.69. The Balaban J connectivity index is 1.33. The number of likely N-dealkylation sites (N-methyl/N-ethyl adjacent to an activating group) is 1. The number of ether oxygens (including phenoxy) is 3. The second kappa shape index (κ2) is 13.1. The van der Waals surface area contributed by atoms with E-state index in [1.54, 1.807) is 29.0 Å². The molecule has 3 aromatic rings. The molecular formula is C32H33N3O5S. The SMILES string of the molecule is CCN1C(=O)/C(=C\c2ccc(OCc3ccc(C)cc3)c(OC)c2)SC1=Nc1cccc(C(=O)N2CCOCC2)c1. The van der Waals surface area contributed by atoms with Crippen LogP contribution in [0.15, 0.2) is 76.6 Å². The van der Waals surface area contributed by atoms with Crippen molar-refractivity contribution in [2.24, 2.45) is 4.99 Å². The molecule has 5 rings (SSSR count). The van der Waals surface area contributed by atoms with Gasteiger partial charge in [-0.25, -0.2) is 4.99 Å². The molecule has 0 unspecified atom stereocenters. The summed E-state index contributed by atoms with van der Waals surface area (Å²) in [5, 5.41) is 0.574. The summed E-state index contributed by atoms with van der Waals surface area (Å²) in [6.45, 7) is 7.10. The van der Waals surface area contributed by atoms with Crippen molar-refractivity contribution in [2.75, 3.05) is 40.0 Å². The van der Waals surface area contributed by atoms with E-state index in [4.69, 9.17) is 19.2 Å². The number of thioether (sulfide) groups is 1. The van der Waals surface area contributed by atoms with Gasteiger partial charge in [-0.15, -0.1) is 0 Å². The normalized spacial score (nSPS) is 17.4. The summed E-state index contributed by atoms with van der Waals surface area (Å²) in [7, 11) is 1.60. The Morgan fingerprint density at radius 3 is 2.56 bits per heavy atom. The predicted molar refractivity (Wildman–Crippen MR) is 162 cm³/mol. The quantitative estimate of drug-likeness (QED) is 0.324.